The summed E-state index contributed by atoms with van der Waals surface area (Å²) in [5, 5.41) is 3.93. The van der Waals surface area contributed by atoms with E-state index in [0.29, 0.717) is 12.0 Å². The number of amides is 1. The van der Waals surface area contributed by atoms with Gasteiger partial charge < -0.3 is 4.74 Å². The zero-order chi connectivity index (χ0) is 17.6. The van der Waals surface area contributed by atoms with Crippen molar-refractivity contribution in [2.45, 2.75) is 58.3 Å². The summed E-state index contributed by atoms with van der Waals surface area (Å²) in [5.74, 6) is -0.438. The molecule has 0 aliphatic rings. The third-order valence-electron chi connectivity index (χ3n) is 3.74. The highest BCUT2D eigenvalue weighted by atomic mass is 16.5. The van der Waals surface area contributed by atoms with Gasteiger partial charge in [-0.2, -0.15) is 5.10 Å². The van der Waals surface area contributed by atoms with Gasteiger partial charge in [0.2, 0.25) is 5.91 Å². The minimum Gasteiger partial charge on any atom is -0.465 e. The summed E-state index contributed by atoms with van der Waals surface area (Å²) < 4.78 is 4.63. The normalized spacial score (nSPS) is 10.8. The van der Waals surface area contributed by atoms with Crippen LogP contribution in [0.2, 0.25) is 0 Å². The van der Waals surface area contributed by atoms with Crippen LogP contribution in [0.15, 0.2) is 29.4 Å². The molecule has 0 aromatic heterocycles. The van der Waals surface area contributed by atoms with E-state index < -0.39 is 0 Å². The lowest BCUT2D eigenvalue weighted by molar-refractivity contribution is -0.121. The van der Waals surface area contributed by atoms with Crippen molar-refractivity contribution in [2.75, 3.05) is 7.11 Å². The standard InChI is InChI=1S/C19H28N2O3/c1-3-4-5-6-7-8-9-10-18(22)21-20-15-16-11-13-17(14-12-16)19(23)24-2/h11-15H,3-10H2,1-2H3,(H,21,22)/b20-15+. The van der Waals surface area contributed by atoms with Gasteiger partial charge in [-0.3, -0.25) is 4.79 Å². The van der Waals surface area contributed by atoms with E-state index in [1.54, 1.807) is 30.5 Å². The first-order valence-corrected chi connectivity index (χ1v) is 8.67. The molecule has 0 spiro atoms. The minimum absolute atomic E-state index is 0.0639. The summed E-state index contributed by atoms with van der Waals surface area (Å²) in [4.78, 5) is 23.0. The maximum atomic E-state index is 11.7. The van der Waals surface area contributed by atoms with Crippen LogP contribution >= 0.6 is 0 Å². The number of hydrogen-bond acceptors (Lipinski definition) is 4. The largest absolute Gasteiger partial charge is 0.465 e. The molecule has 1 aromatic rings. The van der Waals surface area contributed by atoms with Crippen molar-refractivity contribution in [2.24, 2.45) is 5.10 Å². The summed E-state index contributed by atoms with van der Waals surface area (Å²) in [6.07, 6.45) is 10.4. The first-order valence-electron chi connectivity index (χ1n) is 8.67. The Labute approximate surface area is 144 Å². The Balaban J connectivity index is 2.19. The van der Waals surface area contributed by atoms with E-state index >= 15 is 0 Å². The number of nitrogens with zero attached hydrogens (tertiary/aromatic N) is 1. The fraction of sp³-hybridized carbons (Fsp3) is 0.526. The molecule has 0 unspecified atom stereocenters. The van der Waals surface area contributed by atoms with E-state index in [4.69, 9.17) is 0 Å². The van der Waals surface area contributed by atoms with Gasteiger partial charge in [-0.05, 0) is 24.1 Å². The molecule has 1 rings (SSSR count). The predicted molar refractivity (Wildman–Crippen MR) is 96.1 cm³/mol. The first-order chi connectivity index (χ1) is 11.7. The highest BCUT2D eigenvalue weighted by Gasteiger charge is 2.03. The Hall–Kier alpha value is -2.17. The summed E-state index contributed by atoms with van der Waals surface area (Å²) in [7, 11) is 1.35. The molecular formula is C19H28N2O3. The lowest BCUT2D eigenvalue weighted by atomic mass is 10.1. The van der Waals surface area contributed by atoms with Crippen LogP contribution in [0.3, 0.4) is 0 Å². The van der Waals surface area contributed by atoms with Crippen molar-refractivity contribution < 1.29 is 14.3 Å². The fourth-order valence-electron chi connectivity index (χ4n) is 2.30. The molecule has 24 heavy (non-hydrogen) atoms. The maximum Gasteiger partial charge on any atom is 0.337 e. The van der Waals surface area contributed by atoms with Gasteiger partial charge in [-0.15, -0.1) is 0 Å². The van der Waals surface area contributed by atoms with Crippen LogP contribution in [0.4, 0.5) is 0 Å². The van der Waals surface area contributed by atoms with Crippen LogP contribution in [0.25, 0.3) is 0 Å². The van der Waals surface area contributed by atoms with E-state index in [1.165, 1.54) is 39.2 Å². The second-order valence-electron chi connectivity index (χ2n) is 5.78. The highest BCUT2D eigenvalue weighted by Crippen LogP contribution is 2.08. The van der Waals surface area contributed by atoms with Crippen LogP contribution in [0, 0.1) is 0 Å². The van der Waals surface area contributed by atoms with Crippen LogP contribution in [-0.4, -0.2) is 25.2 Å². The molecule has 5 heteroatoms. The Morgan fingerprint density at radius 1 is 1.04 bits per heavy atom. The smallest absolute Gasteiger partial charge is 0.337 e. The third-order valence-corrected chi connectivity index (χ3v) is 3.74. The Bertz CT molecular complexity index is 524. The number of hydrazone groups is 1. The summed E-state index contributed by atoms with van der Waals surface area (Å²) in [5.41, 5.74) is 3.82. The lowest BCUT2D eigenvalue weighted by Crippen LogP contribution is -2.16. The van der Waals surface area contributed by atoms with Crippen molar-refractivity contribution in [3.63, 3.8) is 0 Å². The van der Waals surface area contributed by atoms with Crippen LogP contribution in [-0.2, 0) is 9.53 Å². The Morgan fingerprint density at radius 2 is 1.67 bits per heavy atom. The van der Waals surface area contributed by atoms with Gasteiger partial charge in [0.25, 0.3) is 0 Å². The van der Waals surface area contributed by atoms with E-state index in [0.717, 1.165) is 18.4 Å². The van der Waals surface area contributed by atoms with Crippen molar-refractivity contribution in [1.29, 1.82) is 0 Å². The van der Waals surface area contributed by atoms with Gasteiger partial charge in [0.15, 0.2) is 0 Å². The zero-order valence-electron chi connectivity index (χ0n) is 14.7. The lowest BCUT2D eigenvalue weighted by Gasteiger charge is -2.01. The average molecular weight is 332 g/mol. The number of ether oxygens (including phenoxy) is 1. The number of carbonyl (C=O) groups is 2. The van der Waals surface area contributed by atoms with E-state index in [1.807, 2.05) is 0 Å². The molecule has 0 saturated heterocycles. The van der Waals surface area contributed by atoms with E-state index in [-0.39, 0.29) is 11.9 Å². The number of methoxy groups -OCH3 is 1. The molecule has 132 valence electrons. The van der Waals surface area contributed by atoms with Crippen LogP contribution in [0.1, 0.15) is 74.2 Å². The van der Waals surface area contributed by atoms with Crippen molar-refractivity contribution >= 4 is 18.1 Å². The summed E-state index contributed by atoms with van der Waals surface area (Å²) in [6.45, 7) is 2.21. The molecule has 0 radical (unpaired) electrons. The van der Waals surface area contributed by atoms with E-state index in [2.05, 4.69) is 22.2 Å². The quantitative estimate of drug-likeness (QED) is 0.287. The number of unbranched alkanes of at least 4 members (excludes halogenated alkanes) is 6. The first kappa shape index (κ1) is 19.9. The van der Waals surface area contributed by atoms with Gasteiger partial charge in [0, 0.05) is 6.42 Å². The number of carbonyl (C=O) groups excluding carboxylic acids is 2. The summed E-state index contributed by atoms with van der Waals surface area (Å²) >= 11 is 0. The maximum absolute atomic E-state index is 11.7. The van der Waals surface area contributed by atoms with Gasteiger partial charge >= 0.3 is 5.97 Å². The Morgan fingerprint density at radius 3 is 2.29 bits per heavy atom. The summed E-state index contributed by atoms with van der Waals surface area (Å²) in [6, 6.07) is 6.82. The second-order valence-corrected chi connectivity index (χ2v) is 5.78. The van der Waals surface area contributed by atoms with Crippen molar-refractivity contribution in [1.82, 2.24) is 5.43 Å². The molecule has 0 saturated carbocycles. The monoisotopic (exact) mass is 332 g/mol. The predicted octanol–water partition coefficient (Wildman–Crippen LogP) is 4.06. The molecule has 0 aliphatic heterocycles. The molecule has 0 atom stereocenters. The SMILES string of the molecule is CCCCCCCCCC(=O)N/N=C/c1ccc(C(=O)OC)cc1. The van der Waals surface area contributed by atoms with Crippen LogP contribution < -0.4 is 5.43 Å². The average Bonchev–Trinajstić information content (AvgIpc) is 2.61. The molecule has 1 aromatic carbocycles. The Kier molecular flexibility index (Phi) is 10.2. The molecular weight excluding hydrogens is 304 g/mol. The number of benzene rings is 1. The topological polar surface area (TPSA) is 67.8 Å². The second kappa shape index (κ2) is 12.3. The molecule has 0 bridgehead atoms. The van der Waals surface area contributed by atoms with Crippen molar-refractivity contribution in [3.8, 4) is 0 Å². The minimum atomic E-state index is -0.374. The van der Waals surface area contributed by atoms with Crippen molar-refractivity contribution in [3.05, 3.63) is 35.4 Å². The third kappa shape index (κ3) is 8.46. The number of rotatable bonds is 11. The molecule has 1 N–H and O–H groups in total. The number of nitrogens with one attached hydrogen (secondary N) is 1. The molecule has 0 heterocycles. The van der Waals surface area contributed by atoms with Gasteiger partial charge in [0.05, 0.1) is 18.9 Å². The zero-order valence-corrected chi connectivity index (χ0v) is 14.7. The molecule has 1 amide bonds. The number of esters is 1. The molecule has 5 nitrogen and oxygen atoms in total. The highest BCUT2D eigenvalue weighted by molar-refractivity contribution is 5.90. The van der Waals surface area contributed by atoms with Crippen LogP contribution in [0.5, 0.6) is 0 Å². The van der Waals surface area contributed by atoms with E-state index in [9.17, 15) is 9.59 Å². The van der Waals surface area contributed by atoms with Gasteiger partial charge in [0.1, 0.15) is 0 Å². The molecule has 0 aliphatic carbocycles. The van der Waals surface area contributed by atoms with Gasteiger partial charge in [-0.1, -0.05) is 57.6 Å². The molecule has 0 fully saturated rings. The fourth-order valence-corrected chi connectivity index (χ4v) is 2.30. The number of hydrogen-bond donors (Lipinski definition) is 1. The van der Waals surface area contributed by atoms with Gasteiger partial charge in [-0.25, -0.2) is 10.2 Å².